The highest BCUT2D eigenvalue weighted by atomic mass is 16.5. The van der Waals surface area contributed by atoms with E-state index in [0.29, 0.717) is 25.3 Å². The first kappa shape index (κ1) is 21.4. The zero-order valence-corrected chi connectivity index (χ0v) is 18.7. The topological polar surface area (TPSA) is 71.5 Å². The van der Waals surface area contributed by atoms with E-state index in [9.17, 15) is 9.59 Å². The third-order valence-electron chi connectivity index (χ3n) is 7.63. The average molecular weight is 436 g/mol. The molecule has 1 spiro atoms. The Morgan fingerprint density at radius 2 is 1.78 bits per heavy atom. The molecule has 2 amide bonds. The van der Waals surface area contributed by atoms with Crippen molar-refractivity contribution in [3.63, 3.8) is 0 Å². The number of amides is 2. The number of ether oxygens (including phenoxy) is 1. The van der Waals surface area contributed by atoms with Crippen molar-refractivity contribution in [3.8, 4) is 0 Å². The molecule has 0 radical (unpaired) electrons. The minimum atomic E-state index is -0.145. The monoisotopic (exact) mass is 435 g/mol. The van der Waals surface area contributed by atoms with E-state index in [1.807, 2.05) is 35.2 Å². The fraction of sp³-hybridized carbons (Fsp3) is 0.577. The highest BCUT2D eigenvalue weighted by molar-refractivity contribution is 5.96. The molecule has 1 unspecified atom stereocenters. The molecule has 0 bridgehead atoms. The van der Waals surface area contributed by atoms with Gasteiger partial charge in [0.05, 0.1) is 11.7 Å². The molecule has 1 saturated carbocycles. The van der Waals surface area contributed by atoms with Crippen molar-refractivity contribution in [2.75, 3.05) is 19.6 Å². The number of carbonyl (C=O) groups excluding carboxylic acids is 2. The van der Waals surface area contributed by atoms with Crippen LogP contribution in [0, 0.1) is 5.92 Å². The number of hydrogen-bond donors (Lipinski definition) is 1. The van der Waals surface area contributed by atoms with Crippen LogP contribution < -0.4 is 5.32 Å². The van der Waals surface area contributed by atoms with E-state index in [1.54, 1.807) is 6.20 Å². The predicted octanol–water partition coefficient (Wildman–Crippen LogP) is 4.09. The molecule has 3 fully saturated rings. The van der Waals surface area contributed by atoms with Crippen LogP contribution >= 0.6 is 0 Å². The summed E-state index contributed by atoms with van der Waals surface area (Å²) < 4.78 is 6.45. The van der Waals surface area contributed by atoms with Crippen molar-refractivity contribution in [1.82, 2.24) is 15.2 Å². The van der Waals surface area contributed by atoms with Gasteiger partial charge < -0.3 is 15.0 Å². The van der Waals surface area contributed by atoms with Crippen LogP contribution in [0.1, 0.15) is 68.3 Å². The molecule has 6 nitrogen and oxygen atoms in total. The zero-order valence-electron chi connectivity index (χ0n) is 18.7. The minimum Gasteiger partial charge on any atom is -0.370 e. The molecular weight excluding hydrogens is 402 g/mol. The van der Waals surface area contributed by atoms with Gasteiger partial charge in [-0.05, 0) is 50.0 Å². The quantitative estimate of drug-likeness (QED) is 0.785. The Labute approximate surface area is 189 Å². The van der Waals surface area contributed by atoms with Gasteiger partial charge in [0.2, 0.25) is 5.91 Å². The lowest BCUT2D eigenvalue weighted by Crippen LogP contribution is -2.47. The molecule has 2 aliphatic heterocycles. The predicted molar refractivity (Wildman–Crippen MR) is 123 cm³/mol. The van der Waals surface area contributed by atoms with Gasteiger partial charge in [-0.2, -0.15) is 0 Å². The van der Waals surface area contributed by atoms with Crippen molar-refractivity contribution in [1.29, 1.82) is 0 Å². The third kappa shape index (κ3) is 4.51. The van der Waals surface area contributed by atoms with E-state index in [2.05, 4.69) is 10.3 Å². The molecular formula is C26H33N3O3. The van der Waals surface area contributed by atoms with Crippen molar-refractivity contribution < 1.29 is 14.3 Å². The van der Waals surface area contributed by atoms with Gasteiger partial charge in [-0.15, -0.1) is 0 Å². The number of likely N-dealkylation sites (tertiary alicyclic amines) is 1. The summed E-state index contributed by atoms with van der Waals surface area (Å²) in [6.07, 6.45) is 11.2. The van der Waals surface area contributed by atoms with E-state index in [0.717, 1.165) is 49.3 Å². The van der Waals surface area contributed by atoms with Gasteiger partial charge in [0.1, 0.15) is 5.69 Å². The molecule has 32 heavy (non-hydrogen) atoms. The molecule has 1 aromatic heterocycles. The van der Waals surface area contributed by atoms with E-state index in [1.165, 1.54) is 19.3 Å². The van der Waals surface area contributed by atoms with Crippen LogP contribution in [-0.2, 0) is 9.53 Å². The van der Waals surface area contributed by atoms with Crippen LogP contribution in [0.3, 0.4) is 0 Å². The molecule has 2 aromatic rings. The van der Waals surface area contributed by atoms with Crippen LogP contribution in [0.25, 0.3) is 10.8 Å². The number of rotatable bonds is 4. The maximum Gasteiger partial charge on any atom is 0.272 e. The lowest BCUT2D eigenvalue weighted by atomic mass is 9.88. The number of hydrogen-bond acceptors (Lipinski definition) is 4. The summed E-state index contributed by atoms with van der Waals surface area (Å²) in [5.41, 5.74) is 0.365. The van der Waals surface area contributed by atoms with E-state index in [-0.39, 0.29) is 29.4 Å². The lowest BCUT2D eigenvalue weighted by molar-refractivity contribution is -0.127. The largest absolute Gasteiger partial charge is 0.370 e. The number of nitrogens with zero attached hydrogens (tertiary/aromatic N) is 2. The Bertz CT molecular complexity index is 977. The van der Waals surface area contributed by atoms with Gasteiger partial charge in [-0.3, -0.25) is 14.6 Å². The van der Waals surface area contributed by atoms with E-state index >= 15 is 0 Å². The van der Waals surface area contributed by atoms with Crippen molar-refractivity contribution >= 4 is 22.6 Å². The van der Waals surface area contributed by atoms with Gasteiger partial charge in [0, 0.05) is 37.1 Å². The first-order chi connectivity index (χ1) is 15.6. The number of benzene rings is 1. The molecule has 5 rings (SSSR count). The van der Waals surface area contributed by atoms with Gasteiger partial charge in [-0.1, -0.05) is 43.5 Å². The Hall–Kier alpha value is -2.47. The van der Waals surface area contributed by atoms with Crippen LogP contribution in [0.15, 0.2) is 36.5 Å². The van der Waals surface area contributed by atoms with Crippen molar-refractivity contribution in [2.24, 2.45) is 5.92 Å². The maximum atomic E-state index is 13.0. The molecule has 1 N–H and O–H groups in total. The SMILES string of the molecule is O=C(NCC1CCC2(CCN(C(=O)c3cc4ccccc4cn3)CC2)O1)C1CCCCC1. The smallest absolute Gasteiger partial charge is 0.272 e. The Morgan fingerprint density at radius 3 is 2.56 bits per heavy atom. The van der Waals surface area contributed by atoms with Crippen molar-refractivity contribution in [3.05, 3.63) is 42.2 Å². The first-order valence-corrected chi connectivity index (χ1v) is 12.2. The second-order valence-electron chi connectivity index (χ2n) is 9.75. The molecule has 3 heterocycles. The molecule has 170 valence electrons. The first-order valence-electron chi connectivity index (χ1n) is 12.2. The molecule has 3 aliphatic rings. The van der Waals surface area contributed by atoms with E-state index in [4.69, 9.17) is 4.74 Å². The van der Waals surface area contributed by atoms with Crippen LogP contribution in [0.5, 0.6) is 0 Å². The molecule has 6 heteroatoms. The van der Waals surface area contributed by atoms with Crippen LogP contribution in [0.2, 0.25) is 0 Å². The molecule has 1 atom stereocenters. The number of aromatic nitrogens is 1. The number of fused-ring (bicyclic) bond motifs is 1. The highest BCUT2D eigenvalue weighted by Crippen LogP contribution is 2.39. The van der Waals surface area contributed by atoms with Gasteiger partial charge in [0.25, 0.3) is 5.91 Å². The Kier molecular flexibility index (Phi) is 6.13. The Morgan fingerprint density at radius 1 is 1.03 bits per heavy atom. The third-order valence-corrected chi connectivity index (χ3v) is 7.63. The summed E-state index contributed by atoms with van der Waals surface area (Å²) in [6, 6.07) is 9.86. The second kappa shape index (κ2) is 9.18. The maximum absolute atomic E-state index is 13.0. The highest BCUT2D eigenvalue weighted by Gasteiger charge is 2.43. The second-order valence-corrected chi connectivity index (χ2v) is 9.75. The summed E-state index contributed by atoms with van der Waals surface area (Å²) in [5, 5.41) is 5.23. The van der Waals surface area contributed by atoms with Gasteiger partial charge in [0.15, 0.2) is 0 Å². The fourth-order valence-electron chi connectivity index (χ4n) is 5.61. The number of carbonyl (C=O) groups is 2. The molecule has 1 aliphatic carbocycles. The van der Waals surface area contributed by atoms with Crippen LogP contribution in [0.4, 0.5) is 0 Å². The van der Waals surface area contributed by atoms with Crippen LogP contribution in [-0.4, -0.2) is 53.0 Å². The normalized spacial score (nSPS) is 23.5. The standard InChI is InChI=1S/C26H33N3O3/c30-24(19-6-2-1-3-7-19)28-18-22-10-11-26(32-22)12-14-29(15-13-26)25(31)23-16-20-8-4-5-9-21(20)17-27-23/h4-5,8-9,16-17,19,22H,1-3,6-7,10-15,18H2,(H,28,30). The fourth-order valence-corrected chi connectivity index (χ4v) is 5.61. The summed E-state index contributed by atoms with van der Waals surface area (Å²) >= 11 is 0. The van der Waals surface area contributed by atoms with E-state index < -0.39 is 0 Å². The average Bonchev–Trinajstić information content (AvgIpc) is 3.25. The summed E-state index contributed by atoms with van der Waals surface area (Å²) in [5.74, 6) is 0.398. The summed E-state index contributed by atoms with van der Waals surface area (Å²) in [4.78, 5) is 31.8. The molecule has 1 aromatic carbocycles. The summed E-state index contributed by atoms with van der Waals surface area (Å²) in [6.45, 7) is 1.99. The zero-order chi connectivity index (χ0) is 22.0. The molecule has 2 saturated heterocycles. The minimum absolute atomic E-state index is 0.0000969. The number of piperidine rings is 1. The number of pyridine rings is 1. The van der Waals surface area contributed by atoms with Crippen molar-refractivity contribution in [2.45, 2.75) is 69.5 Å². The number of nitrogens with one attached hydrogen (secondary N) is 1. The Balaban J connectivity index is 1.12. The van der Waals surface area contributed by atoms with Gasteiger partial charge >= 0.3 is 0 Å². The van der Waals surface area contributed by atoms with Gasteiger partial charge in [-0.25, -0.2) is 0 Å². The lowest BCUT2D eigenvalue weighted by Gasteiger charge is -2.39. The summed E-state index contributed by atoms with van der Waals surface area (Å²) in [7, 11) is 0.